The molecule has 8 heavy (non-hydrogen) atoms. The maximum atomic E-state index is 8.13. The summed E-state index contributed by atoms with van der Waals surface area (Å²) >= 11 is 0. The van der Waals surface area contributed by atoms with Gasteiger partial charge < -0.3 is 4.74 Å². The molecule has 0 rings (SSSR count). The molecule has 0 atom stereocenters. The first-order chi connectivity index (χ1) is 3.81. The van der Waals surface area contributed by atoms with E-state index in [1.54, 1.807) is 0 Å². The van der Waals surface area contributed by atoms with Crippen LogP contribution in [0.1, 0.15) is 6.92 Å². The summed E-state index contributed by atoms with van der Waals surface area (Å²) in [6.07, 6.45) is 0. The normalized spacial score (nSPS) is 8.00. The third kappa shape index (κ3) is 3.38. The van der Waals surface area contributed by atoms with Crippen molar-refractivity contribution in [3.05, 3.63) is 12.2 Å². The molecule has 0 amide bonds. The summed E-state index contributed by atoms with van der Waals surface area (Å²) in [5.41, 5.74) is 0.479. The monoisotopic (exact) mass is 111 g/mol. The van der Waals surface area contributed by atoms with Crippen molar-refractivity contribution in [2.24, 2.45) is 0 Å². The fourth-order valence-electron chi connectivity index (χ4n) is 0.258. The molecule has 0 aromatic carbocycles. The van der Waals surface area contributed by atoms with Crippen LogP contribution in [0.25, 0.3) is 0 Å². The highest BCUT2D eigenvalue weighted by Gasteiger charge is 1.86. The van der Waals surface area contributed by atoms with Crippen molar-refractivity contribution < 1.29 is 4.74 Å². The van der Waals surface area contributed by atoms with Crippen LogP contribution in [0.3, 0.4) is 0 Å². The average Bonchev–Trinajstić information content (AvgIpc) is 1.83. The fraction of sp³-hybridized carbons (Fsp3) is 0.500. The zero-order valence-corrected chi connectivity index (χ0v) is 4.98. The number of rotatable bonds is 3. The lowest BCUT2D eigenvalue weighted by atomic mass is 10.4. The predicted octanol–water partition coefficient (Wildman–Crippen LogP) is 1.10. The maximum Gasteiger partial charge on any atom is 0.0965 e. The zero-order chi connectivity index (χ0) is 6.41. The second kappa shape index (κ2) is 4.35. The molecule has 0 bridgehead atoms. The van der Waals surface area contributed by atoms with Crippen LogP contribution in [0.2, 0.25) is 0 Å². The van der Waals surface area contributed by atoms with Gasteiger partial charge in [0.1, 0.15) is 0 Å². The minimum atomic E-state index is 0.368. The van der Waals surface area contributed by atoms with Crippen LogP contribution in [0, 0.1) is 11.3 Å². The summed E-state index contributed by atoms with van der Waals surface area (Å²) in [5.74, 6) is 0. The third-order valence-electron chi connectivity index (χ3n) is 0.639. The highest BCUT2D eigenvalue weighted by molar-refractivity contribution is 5.15. The van der Waals surface area contributed by atoms with Crippen molar-refractivity contribution in [3.63, 3.8) is 0 Å². The Labute approximate surface area is 49.4 Å². The van der Waals surface area contributed by atoms with Gasteiger partial charge in [-0.1, -0.05) is 6.58 Å². The van der Waals surface area contributed by atoms with Gasteiger partial charge in [0.05, 0.1) is 12.7 Å². The molecule has 0 saturated carbocycles. The van der Waals surface area contributed by atoms with Crippen molar-refractivity contribution in [2.75, 3.05) is 13.2 Å². The van der Waals surface area contributed by atoms with E-state index in [2.05, 4.69) is 6.58 Å². The molecule has 2 nitrogen and oxygen atoms in total. The van der Waals surface area contributed by atoms with Crippen molar-refractivity contribution in [2.45, 2.75) is 6.92 Å². The smallest absolute Gasteiger partial charge is 0.0965 e. The van der Waals surface area contributed by atoms with Crippen molar-refractivity contribution in [1.29, 1.82) is 5.26 Å². The Kier molecular flexibility index (Phi) is 3.91. The molecule has 0 unspecified atom stereocenters. The van der Waals surface area contributed by atoms with E-state index in [0.717, 1.165) is 0 Å². The van der Waals surface area contributed by atoms with Crippen LogP contribution in [-0.2, 0) is 4.74 Å². The van der Waals surface area contributed by atoms with E-state index in [-0.39, 0.29) is 0 Å². The van der Waals surface area contributed by atoms with Gasteiger partial charge in [-0.3, -0.25) is 0 Å². The molecule has 0 heterocycles. The van der Waals surface area contributed by atoms with E-state index in [9.17, 15) is 0 Å². The minimum Gasteiger partial charge on any atom is -0.376 e. The molecule has 0 N–H and O–H groups in total. The Balaban J connectivity index is 3.16. The van der Waals surface area contributed by atoms with E-state index < -0.39 is 0 Å². The molecule has 0 aliphatic rings. The summed E-state index contributed by atoms with van der Waals surface area (Å²) in [4.78, 5) is 0. The Morgan fingerprint density at radius 3 is 2.88 bits per heavy atom. The largest absolute Gasteiger partial charge is 0.376 e. The van der Waals surface area contributed by atoms with E-state index in [1.165, 1.54) is 0 Å². The first-order valence-electron chi connectivity index (χ1n) is 2.47. The lowest BCUT2D eigenvalue weighted by Crippen LogP contribution is -1.93. The van der Waals surface area contributed by atoms with Gasteiger partial charge in [0.2, 0.25) is 0 Å². The highest BCUT2D eigenvalue weighted by Crippen LogP contribution is 1.85. The second-order valence-electron chi connectivity index (χ2n) is 1.35. The molecule has 0 radical (unpaired) electrons. The molecule has 0 saturated heterocycles. The Morgan fingerprint density at radius 2 is 2.50 bits per heavy atom. The second-order valence-corrected chi connectivity index (χ2v) is 1.35. The fourth-order valence-corrected chi connectivity index (χ4v) is 0.258. The topological polar surface area (TPSA) is 33.0 Å². The highest BCUT2D eigenvalue weighted by atomic mass is 16.5. The molecule has 0 aliphatic heterocycles. The standard InChI is InChI=1S/C6H9NO/c1-3-8-5-6(2)4-7/h2-3,5H2,1H3. The van der Waals surface area contributed by atoms with Crippen LogP contribution in [0.15, 0.2) is 12.2 Å². The first-order valence-corrected chi connectivity index (χ1v) is 2.47. The van der Waals surface area contributed by atoms with Crippen LogP contribution >= 0.6 is 0 Å². The molecule has 0 aliphatic carbocycles. The third-order valence-corrected chi connectivity index (χ3v) is 0.639. The maximum absolute atomic E-state index is 8.13. The molecule has 0 aromatic rings. The van der Waals surface area contributed by atoms with Gasteiger partial charge in [-0.2, -0.15) is 5.26 Å². The van der Waals surface area contributed by atoms with E-state index in [0.29, 0.717) is 18.8 Å². The van der Waals surface area contributed by atoms with Gasteiger partial charge >= 0.3 is 0 Å². The number of nitriles is 1. The van der Waals surface area contributed by atoms with Crippen molar-refractivity contribution in [3.8, 4) is 6.07 Å². The van der Waals surface area contributed by atoms with Crippen molar-refractivity contribution >= 4 is 0 Å². The number of nitrogens with zero attached hydrogens (tertiary/aromatic N) is 1. The Hall–Kier alpha value is -0.810. The van der Waals surface area contributed by atoms with Gasteiger partial charge in [0, 0.05) is 12.2 Å². The molecule has 0 spiro atoms. The summed E-state index contributed by atoms with van der Waals surface area (Å²) in [6.45, 7) is 6.31. The molecule has 0 aromatic heterocycles. The Morgan fingerprint density at radius 1 is 1.88 bits per heavy atom. The van der Waals surface area contributed by atoms with Gasteiger partial charge in [0.15, 0.2) is 0 Å². The van der Waals surface area contributed by atoms with Crippen LogP contribution in [-0.4, -0.2) is 13.2 Å². The SMILES string of the molecule is C=C(C#N)COCC. The van der Waals surface area contributed by atoms with Crippen LogP contribution < -0.4 is 0 Å². The van der Waals surface area contributed by atoms with Crippen molar-refractivity contribution in [1.82, 2.24) is 0 Å². The quantitative estimate of drug-likeness (QED) is 0.511. The average molecular weight is 111 g/mol. The van der Waals surface area contributed by atoms with Gasteiger partial charge in [0.25, 0.3) is 0 Å². The van der Waals surface area contributed by atoms with Gasteiger partial charge in [-0.25, -0.2) is 0 Å². The lowest BCUT2D eigenvalue weighted by Gasteiger charge is -1.93. The first kappa shape index (κ1) is 7.19. The van der Waals surface area contributed by atoms with E-state index in [1.807, 2.05) is 13.0 Å². The van der Waals surface area contributed by atoms with Gasteiger partial charge in [-0.15, -0.1) is 0 Å². The molecule has 44 valence electrons. The Bertz CT molecular complexity index is 112. The molecular formula is C6H9NO. The zero-order valence-electron chi connectivity index (χ0n) is 4.98. The van der Waals surface area contributed by atoms with Gasteiger partial charge in [-0.05, 0) is 6.92 Å². The lowest BCUT2D eigenvalue weighted by molar-refractivity contribution is 0.173. The summed E-state index contributed by atoms with van der Waals surface area (Å²) in [6, 6.07) is 1.88. The van der Waals surface area contributed by atoms with E-state index in [4.69, 9.17) is 10.00 Å². The number of ether oxygens (including phenoxy) is 1. The minimum absolute atomic E-state index is 0.368. The predicted molar refractivity (Wildman–Crippen MR) is 31.2 cm³/mol. The number of hydrogen-bond acceptors (Lipinski definition) is 2. The van der Waals surface area contributed by atoms with Crippen LogP contribution in [0.5, 0.6) is 0 Å². The molecule has 0 fully saturated rings. The molecular weight excluding hydrogens is 102 g/mol. The summed E-state index contributed by atoms with van der Waals surface area (Å²) < 4.78 is 4.86. The summed E-state index contributed by atoms with van der Waals surface area (Å²) in [7, 11) is 0. The van der Waals surface area contributed by atoms with E-state index >= 15 is 0 Å². The number of hydrogen-bond donors (Lipinski definition) is 0. The van der Waals surface area contributed by atoms with Crippen LogP contribution in [0.4, 0.5) is 0 Å². The molecule has 2 heteroatoms. The summed E-state index contributed by atoms with van der Waals surface area (Å²) in [5, 5.41) is 8.13.